The summed E-state index contributed by atoms with van der Waals surface area (Å²) in [5.41, 5.74) is 1.84. The van der Waals surface area contributed by atoms with Crippen LogP contribution in [0.1, 0.15) is 33.6 Å². The number of hydrogen-bond acceptors (Lipinski definition) is 4. The van der Waals surface area contributed by atoms with E-state index in [-0.39, 0.29) is 17.8 Å². The standard InChI is InChI=1S/C15H22O4/c1-8-4-5-11(16)9(2)7-13-14(12(17)6-8)10(3)15(18)19-13/h6-7,10-14,16-17H,4-5H2,1-3H3/b8-6+,9-7-/t10-,11+,12+,13+,14-/m1/s1. The second-order valence-electron chi connectivity index (χ2n) is 5.74. The topological polar surface area (TPSA) is 66.8 Å². The van der Waals surface area contributed by atoms with Gasteiger partial charge in [-0.15, -0.1) is 0 Å². The third-order valence-corrected chi connectivity index (χ3v) is 4.20. The Morgan fingerprint density at radius 3 is 2.63 bits per heavy atom. The number of fused-ring (bicyclic) bond motifs is 1. The molecule has 2 aliphatic rings. The maximum absolute atomic E-state index is 11.7. The zero-order valence-electron chi connectivity index (χ0n) is 11.7. The molecule has 0 saturated carbocycles. The molecule has 0 spiro atoms. The summed E-state index contributed by atoms with van der Waals surface area (Å²) in [6.45, 7) is 5.56. The van der Waals surface area contributed by atoms with E-state index in [1.54, 1.807) is 19.1 Å². The Kier molecular flexibility index (Phi) is 4.11. The first-order chi connectivity index (χ1) is 8.90. The molecule has 1 fully saturated rings. The van der Waals surface area contributed by atoms with Crippen molar-refractivity contribution in [3.8, 4) is 0 Å². The summed E-state index contributed by atoms with van der Waals surface area (Å²) in [6, 6.07) is 0. The SMILES string of the molecule is C/C1=C/[C@@H]2OC(=O)[C@H](C)[C@@H]2[C@@H](O)/C=C(\C)CC[C@@H]1O. The van der Waals surface area contributed by atoms with Crippen LogP contribution in [0.5, 0.6) is 0 Å². The number of allylic oxidation sites excluding steroid dienone is 1. The van der Waals surface area contributed by atoms with E-state index >= 15 is 0 Å². The van der Waals surface area contributed by atoms with Gasteiger partial charge >= 0.3 is 5.97 Å². The van der Waals surface area contributed by atoms with E-state index in [1.807, 2.05) is 13.8 Å². The number of aliphatic hydroxyl groups excluding tert-OH is 2. The molecule has 4 nitrogen and oxygen atoms in total. The van der Waals surface area contributed by atoms with Crippen LogP contribution in [0.3, 0.4) is 0 Å². The molecule has 0 aromatic heterocycles. The molecule has 0 aromatic carbocycles. The van der Waals surface area contributed by atoms with Crippen molar-refractivity contribution in [3.05, 3.63) is 23.3 Å². The van der Waals surface area contributed by atoms with Gasteiger partial charge in [0.2, 0.25) is 0 Å². The average molecular weight is 266 g/mol. The second kappa shape index (κ2) is 5.47. The lowest BCUT2D eigenvalue weighted by atomic mass is 9.83. The summed E-state index contributed by atoms with van der Waals surface area (Å²) < 4.78 is 5.32. The van der Waals surface area contributed by atoms with Gasteiger partial charge in [-0.05, 0) is 38.3 Å². The van der Waals surface area contributed by atoms with Crippen LogP contribution in [0.4, 0.5) is 0 Å². The van der Waals surface area contributed by atoms with E-state index in [4.69, 9.17) is 4.74 Å². The first-order valence-corrected chi connectivity index (χ1v) is 6.82. The van der Waals surface area contributed by atoms with Crippen molar-refractivity contribution in [3.63, 3.8) is 0 Å². The minimum Gasteiger partial charge on any atom is -0.457 e. The van der Waals surface area contributed by atoms with Crippen molar-refractivity contribution in [2.75, 3.05) is 0 Å². The highest BCUT2D eigenvalue weighted by Gasteiger charge is 2.44. The molecule has 106 valence electrons. The average Bonchev–Trinajstić information content (AvgIpc) is 2.60. The van der Waals surface area contributed by atoms with E-state index in [0.29, 0.717) is 6.42 Å². The van der Waals surface area contributed by atoms with Crippen LogP contribution < -0.4 is 0 Å². The maximum Gasteiger partial charge on any atom is 0.309 e. The molecule has 1 saturated heterocycles. The fourth-order valence-electron chi connectivity index (χ4n) is 2.85. The molecule has 0 bridgehead atoms. The Morgan fingerprint density at radius 1 is 1.26 bits per heavy atom. The smallest absolute Gasteiger partial charge is 0.309 e. The molecule has 4 heteroatoms. The van der Waals surface area contributed by atoms with Crippen molar-refractivity contribution < 1.29 is 19.7 Å². The van der Waals surface area contributed by atoms with Crippen LogP contribution in [0.15, 0.2) is 23.3 Å². The molecule has 1 aliphatic heterocycles. The number of ether oxygens (including phenoxy) is 1. The van der Waals surface area contributed by atoms with Gasteiger partial charge in [0, 0.05) is 5.92 Å². The molecule has 2 rings (SSSR count). The van der Waals surface area contributed by atoms with Gasteiger partial charge in [-0.25, -0.2) is 0 Å². The molecule has 0 unspecified atom stereocenters. The fraction of sp³-hybridized carbons (Fsp3) is 0.667. The lowest BCUT2D eigenvalue weighted by molar-refractivity contribution is -0.142. The number of rotatable bonds is 0. The zero-order chi connectivity index (χ0) is 14.2. The Labute approximate surface area is 113 Å². The number of hydrogen-bond donors (Lipinski definition) is 2. The van der Waals surface area contributed by atoms with E-state index in [9.17, 15) is 15.0 Å². The fourth-order valence-corrected chi connectivity index (χ4v) is 2.85. The summed E-state index contributed by atoms with van der Waals surface area (Å²) in [5.74, 6) is -0.884. The molecule has 5 atom stereocenters. The van der Waals surface area contributed by atoms with Crippen molar-refractivity contribution in [1.82, 2.24) is 0 Å². The Balaban J connectivity index is 2.36. The van der Waals surface area contributed by atoms with Crippen LogP contribution in [-0.2, 0) is 9.53 Å². The van der Waals surface area contributed by atoms with Crippen LogP contribution >= 0.6 is 0 Å². The number of aliphatic hydroxyl groups is 2. The van der Waals surface area contributed by atoms with Gasteiger partial charge in [0.1, 0.15) is 6.10 Å². The largest absolute Gasteiger partial charge is 0.457 e. The van der Waals surface area contributed by atoms with E-state index < -0.39 is 18.3 Å². The highest BCUT2D eigenvalue weighted by Crippen LogP contribution is 2.34. The van der Waals surface area contributed by atoms with Gasteiger partial charge in [0.25, 0.3) is 0 Å². The quantitative estimate of drug-likeness (QED) is 0.516. The summed E-state index contributed by atoms with van der Waals surface area (Å²) in [6.07, 6.45) is 3.28. The first kappa shape index (κ1) is 14.3. The number of carbonyl (C=O) groups is 1. The molecular formula is C15H22O4. The summed E-state index contributed by atoms with van der Waals surface area (Å²) in [5, 5.41) is 20.3. The predicted octanol–water partition coefficient (Wildman–Crippen LogP) is 1.57. The number of carbonyl (C=O) groups excluding carboxylic acids is 1. The van der Waals surface area contributed by atoms with Gasteiger partial charge in [-0.1, -0.05) is 18.6 Å². The summed E-state index contributed by atoms with van der Waals surface area (Å²) >= 11 is 0. The molecule has 19 heavy (non-hydrogen) atoms. The monoisotopic (exact) mass is 266 g/mol. The summed E-state index contributed by atoms with van der Waals surface area (Å²) in [4.78, 5) is 11.7. The maximum atomic E-state index is 11.7. The van der Waals surface area contributed by atoms with Crippen molar-refractivity contribution >= 4 is 5.97 Å². The van der Waals surface area contributed by atoms with Crippen LogP contribution in [0.2, 0.25) is 0 Å². The normalized spacial score (nSPS) is 45.5. The number of esters is 1. The molecule has 0 radical (unpaired) electrons. The van der Waals surface area contributed by atoms with Gasteiger partial charge in [-0.3, -0.25) is 4.79 Å². The lowest BCUT2D eigenvalue weighted by Gasteiger charge is -2.24. The Bertz CT molecular complexity index is 424. The minimum absolute atomic E-state index is 0.275. The van der Waals surface area contributed by atoms with Gasteiger partial charge in [0.15, 0.2) is 0 Å². The Morgan fingerprint density at radius 2 is 1.95 bits per heavy atom. The molecule has 2 N–H and O–H groups in total. The molecular weight excluding hydrogens is 244 g/mol. The molecule has 1 heterocycles. The van der Waals surface area contributed by atoms with E-state index in [0.717, 1.165) is 17.6 Å². The third kappa shape index (κ3) is 2.90. The van der Waals surface area contributed by atoms with Crippen molar-refractivity contribution in [2.24, 2.45) is 11.8 Å². The van der Waals surface area contributed by atoms with E-state index in [1.165, 1.54) is 0 Å². The molecule has 1 aliphatic carbocycles. The predicted molar refractivity (Wildman–Crippen MR) is 71.3 cm³/mol. The highest BCUT2D eigenvalue weighted by atomic mass is 16.6. The lowest BCUT2D eigenvalue weighted by Crippen LogP contribution is -2.31. The molecule has 0 aromatic rings. The van der Waals surface area contributed by atoms with Gasteiger partial charge in [0.05, 0.1) is 18.1 Å². The highest BCUT2D eigenvalue weighted by molar-refractivity contribution is 5.75. The van der Waals surface area contributed by atoms with Gasteiger partial charge < -0.3 is 14.9 Å². The van der Waals surface area contributed by atoms with Crippen LogP contribution in [0.25, 0.3) is 0 Å². The first-order valence-electron chi connectivity index (χ1n) is 6.82. The second-order valence-corrected chi connectivity index (χ2v) is 5.74. The molecule has 0 amide bonds. The third-order valence-electron chi connectivity index (χ3n) is 4.20. The van der Waals surface area contributed by atoms with Gasteiger partial charge in [-0.2, -0.15) is 0 Å². The summed E-state index contributed by atoms with van der Waals surface area (Å²) in [7, 11) is 0. The van der Waals surface area contributed by atoms with Crippen LogP contribution in [0, 0.1) is 11.8 Å². The van der Waals surface area contributed by atoms with Crippen molar-refractivity contribution in [1.29, 1.82) is 0 Å². The minimum atomic E-state index is -0.689. The Hall–Kier alpha value is -1.13. The van der Waals surface area contributed by atoms with Crippen LogP contribution in [-0.4, -0.2) is 34.5 Å². The zero-order valence-corrected chi connectivity index (χ0v) is 11.7. The van der Waals surface area contributed by atoms with E-state index in [2.05, 4.69) is 0 Å². The van der Waals surface area contributed by atoms with Crippen molar-refractivity contribution in [2.45, 2.75) is 51.9 Å².